The quantitative estimate of drug-likeness (QED) is 0.572. The lowest BCUT2D eigenvalue weighted by molar-refractivity contribution is -0.161. The highest BCUT2D eigenvalue weighted by atomic mass is 35.5. The van der Waals surface area contributed by atoms with Crippen molar-refractivity contribution in [2.24, 2.45) is 11.8 Å². The molecule has 2 fully saturated rings. The molecule has 1 saturated carbocycles. The average molecular weight is 401 g/mol. The Kier molecular flexibility index (Phi) is 9.11. The average Bonchev–Trinajstić information content (AvgIpc) is 2.54. The van der Waals surface area contributed by atoms with Gasteiger partial charge in [0, 0.05) is 37.0 Å². The smallest absolute Gasteiger partial charge is 0.331 e. The van der Waals surface area contributed by atoms with Crippen LogP contribution in [0.15, 0.2) is 36.4 Å². The van der Waals surface area contributed by atoms with Gasteiger partial charge in [-0.25, -0.2) is 4.79 Å². The molecule has 4 nitrogen and oxygen atoms in total. The molecule has 26 heavy (non-hydrogen) atoms. The highest BCUT2D eigenvalue weighted by molar-refractivity contribution is 5.87. The van der Waals surface area contributed by atoms with Crippen molar-refractivity contribution in [3.8, 4) is 0 Å². The predicted molar refractivity (Wildman–Crippen MR) is 111 cm³/mol. The molecule has 0 aromatic heterocycles. The van der Waals surface area contributed by atoms with E-state index in [9.17, 15) is 4.79 Å². The summed E-state index contributed by atoms with van der Waals surface area (Å²) in [6.07, 6.45) is 5.76. The Bertz CT molecular complexity index is 595. The molecule has 0 spiro atoms. The van der Waals surface area contributed by atoms with Crippen LogP contribution in [0.5, 0.6) is 0 Å². The van der Waals surface area contributed by atoms with Crippen molar-refractivity contribution in [3.63, 3.8) is 0 Å². The second kappa shape index (κ2) is 10.3. The van der Waals surface area contributed by atoms with Crippen LogP contribution >= 0.6 is 24.8 Å². The first-order chi connectivity index (χ1) is 11.5. The molecule has 4 atom stereocenters. The molecular formula is C20H30Cl2N2O2. The van der Waals surface area contributed by atoms with E-state index in [1.165, 1.54) is 6.42 Å². The van der Waals surface area contributed by atoms with E-state index >= 15 is 0 Å². The van der Waals surface area contributed by atoms with Crippen molar-refractivity contribution >= 4 is 36.9 Å². The molecule has 1 aliphatic carbocycles. The molecule has 1 aromatic rings. The molecule has 0 amide bonds. The van der Waals surface area contributed by atoms with Gasteiger partial charge in [-0.3, -0.25) is 0 Å². The minimum atomic E-state index is -0.220. The molecule has 6 heteroatoms. The van der Waals surface area contributed by atoms with Crippen molar-refractivity contribution in [3.05, 3.63) is 42.0 Å². The van der Waals surface area contributed by atoms with Gasteiger partial charge in [-0.05, 0) is 45.6 Å². The SMILES string of the molecule is CN1CC2CC[C@@H](N(C)C)C(C1)[C@@H]2OC(=O)C=Cc1ccccc1.Cl.Cl. The van der Waals surface area contributed by atoms with Crippen molar-refractivity contribution in [2.45, 2.75) is 25.0 Å². The number of benzene rings is 1. The molecule has 1 aromatic carbocycles. The van der Waals surface area contributed by atoms with Crippen LogP contribution in [0.2, 0.25) is 0 Å². The van der Waals surface area contributed by atoms with E-state index in [4.69, 9.17) is 4.74 Å². The van der Waals surface area contributed by atoms with E-state index in [1.54, 1.807) is 6.08 Å². The Morgan fingerprint density at radius 1 is 1.15 bits per heavy atom. The zero-order valence-electron chi connectivity index (χ0n) is 15.7. The van der Waals surface area contributed by atoms with Crippen LogP contribution < -0.4 is 0 Å². The monoisotopic (exact) mass is 400 g/mol. The molecule has 146 valence electrons. The summed E-state index contributed by atoms with van der Waals surface area (Å²) in [5.41, 5.74) is 1.02. The largest absolute Gasteiger partial charge is 0.458 e. The van der Waals surface area contributed by atoms with Crippen molar-refractivity contribution in [2.75, 3.05) is 34.2 Å². The lowest BCUT2D eigenvalue weighted by Gasteiger charge is -2.50. The summed E-state index contributed by atoms with van der Waals surface area (Å²) in [5.74, 6) is 0.633. The number of likely N-dealkylation sites (tertiary alicyclic amines) is 1. The van der Waals surface area contributed by atoms with Crippen LogP contribution in [-0.2, 0) is 9.53 Å². The minimum absolute atomic E-state index is 0. The number of hydrogen-bond donors (Lipinski definition) is 0. The second-order valence-corrected chi connectivity index (χ2v) is 7.40. The van der Waals surface area contributed by atoms with Gasteiger partial charge in [0.1, 0.15) is 6.10 Å². The maximum Gasteiger partial charge on any atom is 0.331 e. The topological polar surface area (TPSA) is 32.8 Å². The van der Waals surface area contributed by atoms with E-state index in [-0.39, 0.29) is 36.9 Å². The molecule has 2 bridgehead atoms. The molecule has 1 heterocycles. The first-order valence-electron chi connectivity index (χ1n) is 8.83. The van der Waals surface area contributed by atoms with Crippen LogP contribution in [0, 0.1) is 11.8 Å². The summed E-state index contributed by atoms with van der Waals surface area (Å²) >= 11 is 0. The number of halogens is 2. The maximum absolute atomic E-state index is 12.3. The molecule has 0 N–H and O–H groups in total. The Morgan fingerprint density at radius 2 is 1.85 bits per heavy atom. The highest BCUT2D eigenvalue weighted by Crippen LogP contribution is 2.38. The molecule has 2 unspecified atom stereocenters. The number of fused-ring (bicyclic) bond motifs is 2. The zero-order valence-corrected chi connectivity index (χ0v) is 17.3. The number of nitrogens with zero attached hydrogens (tertiary/aromatic N) is 2. The summed E-state index contributed by atoms with van der Waals surface area (Å²) in [4.78, 5) is 17.0. The van der Waals surface area contributed by atoms with Gasteiger partial charge in [0.15, 0.2) is 0 Å². The van der Waals surface area contributed by atoms with Gasteiger partial charge in [0.2, 0.25) is 0 Å². The Balaban J connectivity index is 0.00000169. The molecular weight excluding hydrogens is 371 g/mol. The number of carbonyl (C=O) groups is 1. The molecule has 0 radical (unpaired) electrons. The summed E-state index contributed by atoms with van der Waals surface area (Å²) in [6.45, 7) is 2.02. The van der Waals surface area contributed by atoms with Crippen molar-refractivity contribution in [1.82, 2.24) is 9.80 Å². The number of piperidine rings is 1. The summed E-state index contributed by atoms with van der Waals surface area (Å²) < 4.78 is 5.93. The Labute approximate surface area is 169 Å². The third kappa shape index (κ3) is 5.46. The third-order valence-electron chi connectivity index (χ3n) is 5.41. The minimum Gasteiger partial charge on any atom is -0.458 e. The second-order valence-electron chi connectivity index (χ2n) is 7.40. The van der Waals surface area contributed by atoms with E-state index < -0.39 is 0 Å². The number of carbonyl (C=O) groups excluding carboxylic acids is 1. The molecule has 2 aliphatic rings. The molecule has 3 rings (SSSR count). The summed E-state index contributed by atoms with van der Waals surface area (Å²) in [6, 6.07) is 10.4. The first-order valence-corrected chi connectivity index (χ1v) is 8.83. The van der Waals surface area contributed by atoms with E-state index in [2.05, 4.69) is 30.9 Å². The summed E-state index contributed by atoms with van der Waals surface area (Å²) in [5, 5.41) is 0. The van der Waals surface area contributed by atoms with Crippen LogP contribution in [-0.4, -0.2) is 62.1 Å². The van der Waals surface area contributed by atoms with Crippen LogP contribution in [0.25, 0.3) is 6.08 Å². The van der Waals surface area contributed by atoms with E-state index in [1.807, 2.05) is 36.4 Å². The lowest BCUT2D eigenvalue weighted by Crippen LogP contribution is -2.59. The highest BCUT2D eigenvalue weighted by Gasteiger charge is 2.46. The van der Waals surface area contributed by atoms with Gasteiger partial charge in [-0.15, -0.1) is 24.8 Å². The number of rotatable bonds is 4. The van der Waals surface area contributed by atoms with Gasteiger partial charge in [0.25, 0.3) is 0 Å². The van der Waals surface area contributed by atoms with Gasteiger partial charge < -0.3 is 14.5 Å². The fraction of sp³-hybridized carbons (Fsp3) is 0.550. The van der Waals surface area contributed by atoms with Gasteiger partial charge in [0.05, 0.1) is 0 Å². The van der Waals surface area contributed by atoms with Gasteiger partial charge >= 0.3 is 5.97 Å². The maximum atomic E-state index is 12.3. The normalized spacial score (nSPS) is 28.3. The first kappa shape index (κ1) is 23.0. The van der Waals surface area contributed by atoms with Crippen LogP contribution in [0.4, 0.5) is 0 Å². The predicted octanol–water partition coefficient (Wildman–Crippen LogP) is 3.36. The molecule has 1 aliphatic heterocycles. The van der Waals surface area contributed by atoms with Crippen LogP contribution in [0.3, 0.4) is 0 Å². The fourth-order valence-corrected chi connectivity index (χ4v) is 4.31. The van der Waals surface area contributed by atoms with Crippen molar-refractivity contribution < 1.29 is 9.53 Å². The number of ether oxygens (including phenoxy) is 1. The van der Waals surface area contributed by atoms with E-state index in [0.717, 1.165) is 25.1 Å². The molecule has 1 saturated heterocycles. The van der Waals surface area contributed by atoms with E-state index in [0.29, 0.717) is 17.9 Å². The fourth-order valence-electron chi connectivity index (χ4n) is 4.31. The summed E-state index contributed by atoms with van der Waals surface area (Å²) in [7, 11) is 6.44. The lowest BCUT2D eigenvalue weighted by atomic mass is 9.72. The van der Waals surface area contributed by atoms with Crippen molar-refractivity contribution in [1.29, 1.82) is 0 Å². The van der Waals surface area contributed by atoms with Gasteiger partial charge in [-0.2, -0.15) is 0 Å². The number of esters is 1. The number of hydrogen-bond acceptors (Lipinski definition) is 4. The third-order valence-corrected chi connectivity index (χ3v) is 5.41. The van der Waals surface area contributed by atoms with Crippen LogP contribution in [0.1, 0.15) is 18.4 Å². The van der Waals surface area contributed by atoms with Gasteiger partial charge in [-0.1, -0.05) is 30.3 Å². The Hall–Kier alpha value is -1.07. The standard InChI is InChI=1S/C20H28N2O2.2ClH/c1-21(2)18-11-10-16-13-22(3)14-17(18)20(16)24-19(23)12-9-15-7-5-4-6-8-15;;/h4-9,12,16-18,20H,10-11,13-14H2,1-3H3;2*1H/t16?,17?,18-,20-;;/m1../s1. The zero-order chi connectivity index (χ0) is 17.1. The Morgan fingerprint density at radius 3 is 2.50 bits per heavy atom.